The van der Waals surface area contributed by atoms with Gasteiger partial charge in [-0.25, -0.2) is 0 Å². The number of benzene rings is 4. The minimum absolute atomic E-state index is 0.0668. The lowest BCUT2D eigenvalue weighted by atomic mass is 10.0. The number of hydrogen-bond donors (Lipinski definition) is 1. The molecule has 2 amide bonds. The maximum absolute atomic E-state index is 13.8. The van der Waals surface area contributed by atoms with Crippen molar-refractivity contribution in [3.05, 3.63) is 119 Å². The van der Waals surface area contributed by atoms with E-state index in [-0.39, 0.29) is 17.0 Å². The van der Waals surface area contributed by atoms with E-state index < -0.39 is 17.6 Å². The number of hydrogen-bond acceptors (Lipinski definition) is 5. The SMILES string of the molecule is CCOc1cccc(C#Cc2cc(C(=O)N3CCN(c4ccc(C(=O)Nc5ccc(OC)cc5)cc4)CC3)cc(C(F)(F)F)c2)c1. The second-order valence-electron chi connectivity index (χ2n) is 10.5. The summed E-state index contributed by atoms with van der Waals surface area (Å²) >= 11 is 0. The third kappa shape index (κ3) is 7.99. The number of alkyl halides is 3. The zero-order chi connectivity index (χ0) is 32.7. The minimum atomic E-state index is -4.64. The smallest absolute Gasteiger partial charge is 0.416 e. The Bertz CT molecular complexity index is 1750. The molecule has 0 spiro atoms. The summed E-state index contributed by atoms with van der Waals surface area (Å²) in [5.41, 5.74) is 1.68. The van der Waals surface area contributed by atoms with Gasteiger partial charge in [0.1, 0.15) is 11.5 Å². The Kier molecular flexibility index (Phi) is 9.82. The van der Waals surface area contributed by atoms with E-state index in [9.17, 15) is 22.8 Å². The zero-order valence-corrected chi connectivity index (χ0v) is 25.4. The standard InChI is InChI=1S/C36H32F3N3O4/c1-3-46-33-6-4-5-25(23-33)7-8-26-21-28(24-29(22-26)36(37,38)39)35(44)42-19-17-41(18-20-42)31-13-9-27(10-14-31)34(43)40-30-11-15-32(45-2)16-12-30/h4-6,9-16,21-24H,3,17-20H2,1-2H3,(H,40,43). The van der Waals surface area contributed by atoms with Crippen LogP contribution in [-0.2, 0) is 6.18 Å². The van der Waals surface area contributed by atoms with Crippen LogP contribution in [0.1, 0.15) is 44.3 Å². The number of amides is 2. The van der Waals surface area contributed by atoms with Crippen molar-refractivity contribution in [2.45, 2.75) is 13.1 Å². The summed E-state index contributed by atoms with van der Waals surface area (Å²) < 4.78 is 52.0. The van der Waals surface area contributed by atoms with E-state index >= 15 is 0 Å². The van der Waals surface area contributed by atoms with E-state index in [1.807, 2.05) is 19.1 Å². The van der Waals surface area contributed by atoms with Crippen molar-refractivity contribution in [3.63, 3.8) is 0 Å². The summed E-state index contributed by atoms with van der Waals surface area (Å²) in [7, 11) is 1.57. The van der Waals surface area contributed by atoms with Crippen LogP contribution in [0.15, 0.2) is 91.0 Å². The van der Waals surface area contributed by atoms with Gasteiger partial charge in [0.25, 0.3) is 11.8 Å². The Morgan fingerprint density at radius 1 is 0.804 bits per heavy atom. The number of piperazine rings is 1. The molecule has 1 N–H and O–H groups in total. The number of rotatable bonds is 7. The number of carbonyl (C=O) groups is 2. The van der Waals surface area contributed by atoms with Crippen LogP contribution in [0.2, 0.25) is 0 Å². The van der Waals surface area contributed by atoms with Crippen LogP contribution in [0.4, 0.5) is 24.5 Å². The van der Waals surface area contributed by atoms with Gasteiger partial charge in [-0.15, -0.1) is 0 Å². The van der Waals surface area contributed by atoms with Crippen molar-refractivity contribution < 1.29 is 32.2 Å². The summed E-state index contributed by atoms with van der Waals surface area (Å²) in [5.74, 6) is 6.22. The van der Waals surface area contributed by atoms with Crippen LogP contribution >= 0.6 is 0 Å². The van der Waals surface area contributed by atoms with Crippen molar-refractivity contribution in [2.75, 3.05) is 50.1 Å². The summed E-state index contributed by atoms with van der Waals surface area (Å²) in [4.78, 5) is 29.7. The monoisotopic (exact) mass is 627 g/mol. The van der Waals surface area contributed by atoms with Gasteiger partial charge in [-0.1, -0.05) is 17.9 Å². The maximum atomic E-state index is 13.8. The number of methoxy groups -OCH3 is 1. The van der Waals surface area contributed by atoms with Crippen molar-refractivity contribution in [1.82, 2.24) is 4.90 Å². The largest absolute Gasteiger partial charge is 0.497 e. The third-order valence-corrected chi connectivity index (χ3v) is 7.41. The van der Waals surface area contributed by atoms with E-state index in [2.05, 4.69) is 22.1 Å². The molecule has 0 bridgehead atoms. The molecule has 1 aliphatic heterocycles. The summed E-state index contributed by atoms with van der Waals surface area (Å²) in [6.07, 6.45) is -4.64. The molecule has 0 atom stereocenters. The number of carbonyl (C=O) groups excluding carboxylic acids is 2. The van der Waals surface area contributed by atoms with Crippen LogP contribution in [0, 0.1) is 11.8 Å². The lowest BCUT2D eigenvalue weighted by molar-refractivity contribution is -0.137. The molecule has 5 rings (SSSR count). The molecule has 0 saturated carbocycles. The molecule has 0 aliphatic carbocycles. The fourth-order valence-corrected chi connectivity index (χ4v) is 5.01. The highest BCUT2D eigenvalue weighted by molar-refractivity contribution is 6.04. The molecule has 7 nitrogen and oxygen atoms in total. The lowest BCUT2D eigenvalue weighted by Crippen LogP contribution is -2.48. The third-order valence-electron chi connectivity index (χ3n) is 7.41. The molecule has 46 heavy (non-hydrogen) atoms. The quantitative estimate of drug-likeness (QED) is 0.230. The first kappa shape index (κ1) is 32.0. The number of nitrogens with one attached hydrogen (secondary N) is 1. The first-order valence-corrected chi connectivity index (χ1v) is 14.7. The first-order chi connectivity index (χ1) is 22.1. The number of nitrogens with zero attached hydrogens (tertiary/aromatic N) is 2. The Labute approximate surface area is 265 Å². The van der Waals surface area contributed by atoms with Crippen molar-refractivity contribution >= 4 is 23.2 Å². The van der Waals surface area contributed by atoms with Gasteiger partial charge >= 0.3 is 6.18 Å². The molecule has 1 aliphatic rings. The molecule has 10 heteroatoms. The second-order valence-corrected chi connectivity index (χ2v) is 10.5. The van der Waals surface area contributed by atoms with Crippen molar-refractivity contribution in [1.29, 1.82) is 0 Å². The minimum Gasteiger partial charge on any atom is -0.497 e. The van der Waals surface area contributed by atoms with Crippen molar-refractivity contribution in [2.24, 2.45) is 0 Å². The van der Waals surface area contributed by atoms with E-state index in [1.165, 1.54) is 6.07 Å². The summed E-state index contributed by atoms with van der Waals surface area (Å²) in [6, 6.07) is 24.4. The van der Waals surface area contributed by atoms with Crippen LogP contribution in [-0.4, -0.2) is 56.6 Å². The molecule has 236 valence electrons. The molecule has 4 aromatic carbocycles. The average molecular weight is 628 g/mol. The molecule has 1 heterocycles. The lowest BCUT2D eigenvalue weighted by Gasteiger charge is -2.36. The Morgan fingerprint density at radius 3 is 2.15 bits per heavy atom. The van der Waals surface area contributed by atoms with Crippen LogP contribution in [0.25, 0.3) is 0 Å². The predicted molar refractivity (Wildman–Crippen MR) is 171 cm³/mol. The van der Waals surface area contributed by atoms with E-state index in [0.29, 0.717) is 61.1 Å². The summed E-state index contributed by atoms with van der Waals surface area (Å²) in [5, 5.41) is 2.85. The van der Waals surface area contributed by atoms with Gasteiger partial charge in [0.2, 0.25) is 0 Å². The maximum Gasteiger partial charge on any atom is 0.416 e. The van der Waals surface area contributed by atoms with Crippen LogP contribution in [0.5, 0.6) is 11.5 Å². The topological polar surface area (TPSA) is 71.1 Å². The van der Waals surface area contributed by atoms with Crippen LogP contribution in [0.3, 0.4) is 0 Å². The molecule has 1 fully saturated rings. The fourth-order valence-electron chi connectivity index (χ4n) is 5.01. The van der Waals surface area contributed by atoms with E-state index in [0.717, 1.165) is 17.8 Å². The second kappa shape index (κ2) is 14.1. The summed E-state index contributed by atoms with van der Waals surface area (Å²) in [6.45, 7) is 3.92. The zero-order valence-electron chi connectivity index (χ0n) is 25.4. The number of ether oxygens (including phenoxy) is 2. The fraction of sp³-hybridized carbons (Fsp3) is 0.222. The molecule has 4 aromatic rings. The van der Waals surface area contributed by atoms with Gasteiger partial charge in [0.15, 0.2) is 0 Å². The molecular weight excluding hydrogens is 595 g/mol. The highest BCUT2D eigenvalue weighted by Crippen LogP contribution is 2.31. The van der Waals surface area contributed by atoms with Crippen molar-refractivity contribution in [3.8, 4) is 23.3 Å². The molecular formula is C36H32F3N3O4. The molecule has 0 radical (unpaired) electrons. The average Bonchev–Trinajstić information content (AvgIpc) is 3.07. The van der Waals surface area contributed by atoms with E-state index in [1.54, 1.807) is 72.7 Å². The number of anilines is 2. The van der Waals surface area contributed by atoms with Gasteiger partial charge in [0.05, 0.1) is 19.3 Å². The first-order valence-electron chi connectivity index (χ1n) is 14.7. The Morgan fingerprint density at radius 2 is 1.50 bits per heavy atom. The molecule has 1 saturated heterocycles. The Balaban J connectivity index is 1.24. The van der Waals surface area contributed by atoms with Gasteiger partial charge in [0, 0.05) is 59.8 Å². The Hall–Kier alpha value is -5.43. The molecule has 0 aromatic heterocycles. The highest BCUT2D eigenvalue weighted by Gasteiger charge is 2.32. The van der Waals surface area contributed by atoms with Gasteiger partial charge < -0.3 is 24.6 Å². The van der Waals surface area contributed by atoms with Gasteiger partial charge in [-0.3, -0.25) is 9.59 Å². The highest BCUT2D eigenvalue weighted by atomic mass is 19.4. The molecule has 0 unspecified atom stereocenters. The predicted octanol–water partition coefficient (Wildman–Crippen LogP) is 6.73. The normalized spacial score (nSPS) is 13.0. The number of halogens is 3. The van der Waals surface area contributed by atoms with Gasteiger partial charge in [-0.2, -0.15) is 13.2 Å². The van der Waals surface area contributed by atoms with E-state index in [4.69, 9.17) is 9.47 Å². The van der Waals surface area contributed by atoms with Gasteiger partial charge in [-0.05, 0) is 91.9 Å². The van der Waals surface area contributed by atoms with Crippen LogP contribution < -0.4 is 19.7 Å².